The van der Waals surface area contributed by atoms with Crippen molar-refractivity contribution in [1.82, 2.24) is 9.97 Å². The highest BCUT2D eigenvalue weighted by atomic mass is 35.5. The van der Waals surface area contributed by atoms with Crippen LogP contribution in [-0.4, -0.2) is 23.1 Å². The molecule has 0 spiro atoms. The number of aromatic nitrogens is 2. The lowest BCUT2D eigenvalue weighted by Crippen LogP contribution is -2.29. The molecule has 0 saturated carbocycles. The van der Waals surface area contributed by atoms with E-state index in [4.69, 9.17) is 16.9 Å². The van der Waals surface area contributed by atoms with E-state index in [9.17, 15) is 0 Å². The number of halogens is 1. The van der Waals surface area contributed by atoms with Crippen molar-refractivity contribution in [2.75, 3.05) is 18.0 Å². The van der Waals surface area contributed by atoms with Gasteiger partial charge in [-0.05, 0) is 20.3 Å². The molecule has 1 aromatic heterocycles. The highest BCUT2D eigenvalue weighted by Crippen LogP contribution is 2.17. The third kappa shape index (κ3) is 4.15. The van der Waals surface area contributed by atoms with E-state index in [1.807, 2.05) is 13.8 Å². The molecule has 5 heteroatoms. The number of nitrogens with zero attached hydrogens (tertiary/aromatic N) is 4. The van der Waals surface area contributed by atoms with E-state index < -0.39 is 0 Å². The van der Waals surface area contributed by atoms with E-state index in [1.165, 1.54) is 0 Å². The number of rotatable bonds is 6. The van der Waals surface area contributed by atoms with Crippen LogP contribution in [0.3, 0.4) is 0 Å². The Kier molecular flexibility index (Phi) is 5.87. The van der Waals surface area contributed by atoms with Gasteiger partial charge in [0.1, 0.15) is 16.8 Å². The second kappa shape index (κ2) is 7.17. The number of hydrogen-bond acceptors (Lipinski definition) is 4. The summed E-state index contributed by atoms with van der Waals surface area (Å²) in [6.45, 7) is 7.48. The third-order valence-electron chi connectivity index (χ3n) is 2.62. The summed E-state index contributed by atoms with van der Waals surface area (Å²) < 4.78 is 0. The molecule has 0 saturated heterocycles. The number of hydrogen-bond donors (Lipinski definition) is 0. The normalized spacial score (nSPS) is 11.9. The Morgan fingerprint density at radius 3 is 2.72 bits per heavy atom. The summed E-state index contributed by atoms with van der Waals surface area (Å²) >= 11 is 6.01. The Hall–Kier alpha value is -1.34. The van der Waals surface area contributed by atoms with Gasteiger partial charge in [0.05, 0.1) is 12.0 Å². The van der Waals surface area contributed by atoms with Crippen LogP contribution >= 0.6 is 11.6 Å². The second-order valence-electron chi connectivity index (χ2n) is 4.28. The van der Waals surface area contributed by atoms with Crippen molar-refractivity contribution >= 4 is 17.4 Å². The van der Waals surface area contributed by atoms with Crippen molar-refractivity contribution in [1.29, 1.82) is 5.26 Å². The summed E-state index contributed by atoms with van der Waals surface area (Å²) in [7, 11) is 0. The van der Waals surface area contributed by atoms with Crippen molar-refractivity contribution in [3.05, 3.63) is 17.0 Å². The highest BCUT2D eigenvalue weighted by Gasteiger charge is 2.12. The molecule has 18 heavy (non-hydrogen) atoms. The molecule has 0 aromatic carbocycles. The molecule has 0 N–H and O–H groups in total. The molecule has 0 amide bonds. The minimum absolute atomic E-state index is 0.0340. The van der Waals surface area contributed by atoms with Crippen LogP contribution in [0, 0.1) is 17.2 Å². The Morgan fingerprint density at radius 2 is 2.17 bits per heavy atom. The first-order valence-corrected chi connectivity index (χ1v) is 6.66. The summed E-state index contributed by atoms with van der Waals surface area (Å²) in [4.78, 5) is 10.8. The number of anilines is 1. The van der Waals surface area contributed by atoms with Crippen LogP contribution in [0.15, 0.2) is 6.07 Å². The summed E-state index contributed by atoms with van der Waals surface area (Å²) in [5, 5.41) is 9.35. The van der Waals surface area contributed by atoms with Crippen molar-refractivity contribution in [2.24, 2.45) is 5.92 Å². The van der Waals surface area contributed by atoms with Crippen LogP contribution in [0.25, 0.3) is 0 Å². The molecule has 0 fully saturated rings. The molecule has 1 heterocycles. The predicted molar refractivity (Wildman–Crippen MR) is 73.7 cm³/mol. The quantitative estimate of drug-likeness (QED) is 0.743. The molecule has 4 nitrogen and oxygen atoms in total. The van der Waals surface area contributed by atoms with Gasteiger partial charge in [0.25, 0.3) is 0 Å². The maximum absolute atomic E-state index is 8.88. The highest BCUT2D eigenvalue weighted by molar-refractivity contribution is 6.29. The first kappa shape index (κ1) is 14.7. The van der Waals surface area contributed by atoms with Gasteiger partial charge in [-0.3, -0.25) is 0 Å². The molecule has 0 aliphatic rings. The molecule has 0 bridgehead atoms. The summed E-state index contributed by atoms with van der Waals surface area (Å²) in [6, 6.07) is 3.99. The van der Waals surface area contributed by atoms with E-state index >= 15 is 0 Å². The van der Waals surface area contributed by atoms with Gasteiger partial charge >= 0.3 is 0 Å². The zero-order valence-electron chi connectivity index (χ0n) is 11.1. The first-order chi connectivity index (χ1) is 8.60. The zero-order valence-corrected chi connectivity index (χ0v) is 11.9. The van der Waals surface area contributed by atoms with Gasteiger partial charge in [-0.25, -0.2) is 9.97 Å². The maximum atomic E-state index is 8.88. The van der Waals surface area contributed by atoms with Gasteiger partial charge in [-0.1, -0.05) is 18.5 Å². The van der Waals surface area contributed by atoms with Crippen LogP contribution < -0.4 is 4.90 Å². The molecule has 1 aromatic rings. The van der Waals surface area contributed by atoms with Crippen LogP contribution in [0.1, 0.15) is 33.0 Å². The van der Waals surface area contributed by atoms with Crippen LogP contribution in [-0.2, 0) is 6.42 Å². The lowest BCUT2D eigenvalue weighted by Gasteiger charge is -2.23. The molecular formula is C13H19ClN4. The SMILES string of the molecule is CCCc1nc(Cl)cc(N(CC)CC(C)C#N)n1. The predicted octanol–water partition coefficient (Wildman–Crippen LogP) is 3.07. The third-order valence-corrected chi connectivity index (χ3v) is 2.82. The Bertz CT molecular complexity index is 427. The van der Waals surface area contributed by atoms with Crippen molar-refractivity contribution in [3.8, 4) is 6.07 Å². The fourth-order valence-corrected chi connectivity index (χ4v) is 1.90. The van der Waals surface area contributed by atoms with Crippen LogP contribution in [0.4, 0.5) is 5.82 Å². The molecule has 98 valence electrons. The summed E-state index contributed by atoms with van der Waals surface area (Å²) in [6.07, 6.45) is 1.80. The van der Waals surface area contributed by atoms with E-state index in [1.54, 1.807) is 6.07 Å². The smallest absolute Gasteiger partial charge is 0.134 e. The van der Waals surface area contributed by atoms with Gasteiger partial charge in [0.15, 0.2) is 0 Å². The van der Waals surface area contributed by atoms with Crippen LogP contribution in [0.2, 0.25) is 5.15 Å². The molecular weight excluding hydrogens is 248 g/mol. The van der Waals surface area contributed by atoms with E-state index in [0.717, 1.165) is 31.0 Å². The van der Waals surface area contributed by atoms with Crippen molar-refractivity contribution in [2.45, 2.75) is 33.6 Å². The van der Waals surface area contributed by atoms with E-state index in [2.05, 4.69) is 27.9 Å². The molecule has 0 aliphatic heterocycles. The molecule has 0 radical (unpaired) electrons. The fourth-order valence-electron chi connectivity index (χ4n) is 1.71. The Labute approximate surface area is 114 Å². The standard InChI is InChI=1S/C13H19ClN4/c1-4-6-12-16-11(14)7-13(17-12)18(5-2)9-10(3)8-15/h7,10H,4-6,9H2,1-3H3. The van der Waals surface area contributed by atoms with Crippen molar-refractivity contribution in [3.63, 3.8) is 0 Å². The first-order valence-electron chi connectivity index (χ1n) is 6.28. The van der Waals surface area contributed by atoms with E-state index in [-0.39, 0.29) is 5.92 Å². The van der Waals surface area contributed by atoms with Crippen LogP contribution in [0.5, 0.6) is 0 Å². The van der Waals surface area contributed by atoms with Crippen molar-refractivity contribution < 1.29 is 0 Å². The molecule has 1 atom stereocenters. The number of aryl methyl sites for hydroxylation is 1. The van der Waals surface area contributed by atoms with Gasteiger partial charge in [0.2, 0.25) is 0 Å². The minimum Gasteiger partial charge on any atom is -0.355 e. The van der Waals surface area contributed by atoms with Gasteiger partial charge in [0, 0.05) is 25.6 Å². The number of nitriles is 1. The lowest BCUT2D eigenvalue weighted by molar-refractivity contribution is 0.675. The fraction of sp³-hybridized carbons (Fsp3) is 0.615. The summed E-state index contributed by atoms with van der Waals surface area (Å²) in [5.74, 6) is 1.54. The second-order valence-corrected chi connectivity index (χ2v) is 4.67. The van der Waals surface area contributed by atoms with Gasteiger partial charge < -0.3 is 4.90 Å². The molecule has 1 unspecified atom stereocenters. The average molecular weight is 267 g/mol. The zero-order chi connectivity index (χ0) is 13.5. The molecule has 1 rings (SSSR count). The Balaban J connectivity index is 2.94. The lowest BCUT2D eigenvalue weighted by atomic mass is 10.2. The largest absolute Gasteiger partial charge is 0.355 e. The molecule has 0 aliphatic carbocycles. The monoisotopic (exact) mass is 266 g/mol. The van der Waals surface area contributed by atoms with E-state index in [0.29, 0.717) is 11.7 Å². The van der Waals surface area contributed by atoms with Gasteiger partial charge in [-0.15, -0.1) is 0 Å². The average Bonchev–Trinajstić information content (AvgIpc) is 2.35. The summed E-state index contributed by atoms with van der Waals surface area (Å²) in [5.41, 5.74) is 0. The Morgan fingerprint density at radius 1 is 1.44 bits per heavy atom. The maximum Gasteiger partial charge on any atom is 0.134 e. The van der Waals surface area contributed by atoms with Gasteiger partial charge in [-0.2, -0.15) is 5.26 Å². The minimum atomic E-state index is -0.0340. The topological polar surface area (TPSA) is 52.8 Å².